The molecule has 6 heteroatoms. The minimum absolute atomic E-state index is 0.516. The van der Waals surface area contributed by atoms with Gasteiger partial charge in [-0.1, -0.05) is 12.1 Å². The molecule has 0 bridgehead atoms. The first-order chi connectivity index (χ1) is 14.2. The molecule has 146 valence electrons. The predicted molar refractivity (Wildman–Crippen MR) is 119 cm³/mol. The zero-order chi connectivity index (χ0) is 19.8. The molecule has 29 heavy (non-hydrogen) atoms. The summed E-state index contributed by atoms with van der Waals surface area (Å²) in [6, 6.07) is 14.8. The second-order valence-electron chi connectivity index (χ2n) is 7.60. The molecule has 0 unspecified atom stereocenters. The molecule has 1 saturated heterocycles. The Balaban J connectivity index is 1.58. The lowest BCUT2D eigenvalue weighted by Gasteiger charge is -2.34. The standard InChI is InChI=1S/C23H24N6/c1-28-10-12-29(13-11-28)18-5-2-16(3-6-18)22-19-8-9-25-23(19)27-15-20(22)17-4-7-21(24)26-14-17/h2-9,14-15H,10-13H2,1H3,(H2,24,26)(H,25,27). The zero-order valence-electron chi connectivity index (χ0n) is 16.5. The predicted octanol–water partition coefficient (Wildman–Crippen LogP) is 3.63. The smallest absolute Gasteiger partial charge is 0.137 e. The number of anilines is 2. The monoisotopic (exact) mass is 384 g/mol. The van der Waals surface area contributed by atoms with Gasteiger partial charge in [0.05, 0.1) is 0 Å². The van der Waals surface area contributed by atoms with Gasteiger partial charge in [-0.25, -0.2) is 9.97 Å². The number of fused-ring (bicyclic) bond motifs is 1. The first-order valence-corrected chi connectivity index (χ1v) is 9.91. The third-order valence-electron chi connectivity index (χ3n) is 5.71. The highest BCUT2D eigenvalue weighted by Gasteiger charge is 2.16. The van der Waals surface area contributed by atoms with E-state index < -0.39 is 0 Å². The molecule has 1 aliphatic rings. The van der Waals surface area contributed by atoms with E-state index in [1.54, 1.807) is 0 Å². The van der Waals surface area contributed by atoms with Crippen molar-refractivity contribution in [2.75, 3.05) is 43.9 Å². The topological polar surface area (TPSA) is 74.1 Å². The highest BCUT2D eigenvalue weighted by atomic mass is 15.2. The number of aromatic nitrogens is 3. The maximum atomic E-state index is 5.78. The van der Waals surface area contributed by atoms with Gasteiger partial charge in [-0.15, -0.1) is 0 Å². The Bertz CT molecular complexity index is 1120. The number of likely N-dealkylation sites (N-methyl/N-ethyl adjacent to an activating group) is 1. The van der Waals surface area contributed by atoms with E-state index in [-0.39, 0.29) is 0 Å². The van der Waals surface area contributed by atoms with Crippen LogP contribution in [0.3, 0.4) is 0 Å². The molecular formula is C23H24N6. The maximum Gasteiger partial charge on any atom is 0.137 e. The van der Waals surface area contributed by atoms with Crippen LogP contribution in [-0.4, -0.2) is 53.1 Å². The number of H-pyrrole nitrogens is 1. The number of nitrogens with two attached hydrogens (primary N) is 1. The second-order valence-corrected chi connectivity index (χ2v) is 7.60. The van der Waals surface area contributed by atoms with Gasteiger partial charge in [0.15, 0.2) is 0 Å². The number of hydrogen-bond donors (Lipinski definition) is 2. The van der Waals surface area contributed by atoms with Crippen molar-refractivity contribution in [3.05, 3.63) is 61.1 Å². The van der Waals surface area contributed by atoms with E-state index >= 15 is 0 Å². The first-order valence-electron chi connectivity index (χ1n) is 9.91. The average Bonchev–Trinajstić information content (AvgIpc) is 3.23. The van der Waals surface area contributed by atoms with E-state index in [0.29, 0.717) is 5.82 Å². The van der Waals surface area contributed by atoms with E-state index in [4.69, 9.17) is 5.73 Å². The molecule has 3 aromatic heterocycles. The number of nitrogens with one attached hydrogen (secondary N) is 1. The van der Waals surface area contributed by atoms with Gasteiger partial charge in [-0.05, 0) is 42.9 Å². The van der Waals surface area contributed by atoms with Crippen LogP contribution in [-0.2, 0) is 0 Å². The third kappa shape index (κ3) is 3.32. The van der Waals surface area contributed by atoms with Gasteiger partial charge in [0.2, 0.25) is 0 Å². The molecule has 1 fully saturated rings. The minimum atomic E-state index is 0.516. The van der Waals surface area contributed by atoms with Crippen LogP contribution < -0.4 is 10.6 Å². The van der Waals surface area contributed by atoms with Gasteiger partial charge < -0.3 is 20.5 Å². The number of benzene rings is 1. The number of nitrogens with zero attached hydrogens (tertiary/aromatic N) is 4. The number of nitrogen functional groups attached to an aromatic ring is 1. The molecule has 0 saturated carbocycles. The molecule has 1 aliphatic heterocycles. The van der Waals surface area contributed by atoms with Crippen molar-refractivity contribution in [3.63, 3.8) is 0 Å². The number of aromatic amines is 1. The van der Waals surface area contributed by atoms with Crippen molar-refractivity contribution in [1.29, 1.82) is 0 Å². The number of rotatable bonds is 3. The first kappa shape index (κ1) is 17.7. The molecule has 0 atom stereocenters. The zero-order valence-corrected chi connectivity index (χ0v) is 16.5. The van der Waals surface area contributed by atoms with Gasteiger partial charge in [-0.3, -0.25) is 0 Å². The lowest BCUT2D eigenvalue weighted by Crippen LogP contribution is -2.44. The summed E-state index contributed by atoms with van der Waals surface area (Å²) in [6.45, 7) is 4.33. The number of pyridine rings is 2. The van der Waals surface area contributed by atoms with Crippen LogP contribution >= 0.6 is 0 Å². The van der Waals surface area contributed by atoms with E-state index in [9.17, 15) is 0 Å². The Kier molecular flexibility index (Phi) is 4.41. The number of piperazine rings is 1. The molecular weight excluding hydrogens is 360 g/mol. The minimum Gasteiger partial charge on any atom is -0.384 e. The van der Waals surface area contributed by atoms with Gasteiger partial charge >= 0.3 is 0 Å². The van der Waals surface area contributed by atoms with Crippen LogP contribution in [0.1, 0.15) is 0 Å². The van der Waals surface area contributed by atoms with Crippen LogP contribution in [0.15, 0.2) is 61.1 Å². The molecule has 1 aromatic carbocycles. The Morgan fingerprint density at radius 3 is 2.34 bits per heavy atom. The molecule has 4 aromatic rings. The summed E-state index contributed by atoms with van der Waals surface area (Å²) < 4.78 is 0. The van der Waals surface area contributed by atoms with Crippen molar-refractivity contribution in [2.24, 2.45) is 0 Å². The average molecular weight is 384 g/mol. The molecule has 0 spiro atoms. The van der Waals surface area contributed by atoms with Crippen LogP contribution in [0.4, 0.5) is 11.5 Å². The lowest BCUT2D eigenvalue weighted by molar-refractivity contribution is 0.313. The summed E-state index contributed by atoms with van der Waals surface area (Å²) in [4.78, 5) is 16.9. The van der Waals surface area contributed by atoms with Gasteiger partial charge in [0, 0.05) is 72.5 Å². The van der Waals surface area contributed by atoms with Crippen LogP contribution in [0, 0.1) is 0 Å². The SMILES string of the molecule is CN1CCN(c2ccc(-c3c(-c4ccc(N)nc4)cnc4[nH]ccc34)cc2)CC1. The third-order valence-corrected chi connectivity index (χ3v) is 5.71. The van der Waals surface area contributed by atoms with Crippen LogP contribution in [0.5, 0.6) is 0 Å². The van der Waals surface area contributed by atoms with E-state index in [1.165, 1.54) is 11.3 Å². The fourth-order valence-corrected chi connectivity index (χ4v) is 4.01. The Morgan fingerprint density at radius 2 is 1.62 bits per heavy atom. The van der Waals surface area contributed by atoms with Crippen LogP contribution in [0.25, 0.3) is 33.3 Å². The van der Waals surface area contributed by atoms with Gasteiger partial charge in [-0.2, -0.15) is 0 Å². The van der Waals surface area contributed by atoms with Crippen molar-refractivity contribution >= 4 is 22.5 Å². The molecule has 5 rings (SSSR count). The normalized spacial score (nSPS) is 15.1. The summed E-state index contributed by atoms with van der Waals surface area (Å²) in [5.74, 6) is 0.516. The Hall–Kier alpha value is -3.38. The number of hydrogen-bond acceptors (Lipinski definition) is 5. The van der Waals surface area contributed by atoms with Crippen molar-refractivity contribution in [3.8, 4) is 22.3 Å². The molecule has 0 amide bonds. The largest absolute Gasteiger partial charge is 0.384 e. The molecule has 3 N–H and O–H groups in total. The Labute approximate surface area is 170 Å². The summed E-state index contributed by atoms with van der Waals surface area (Å²) in [5, 5.41) is 1.10. The Morgan fingerprint density at radius 1 is 0.862 bits per heavy atom. The highest BCUT2D eigenvalue weighted by molar-refractivity contribution is 6.01. The van der Waals surface area contributed by atoms with Gasteiger partial charge in [0.25, 0.3) is 0 Å². The van der Waals surface area contributed by atoms with E-state index in [0.717, 1.165) is 53.9 Å². The molecule has 4 heterocycles. The molecule has 0 aliphatic carbocycles. The summed E-state index contributed by atoms with van der Waals surface area (Å²) >= 11 is 0. The quantitative estimate of drug-likeness (QED) is 0.564. The van der Waals surface area contributed by atoms with Crippen molar-refractivity contribution < 1.29 is 0 Å². The van der Waals surface area contributed by atoms with Crippen molar-refractivity contribution in [2.45, 2.75) is 0 Å². The fraction of sp³-hybridized carbons (Fsp3) is 0.217. The maximum absolute atomic E-state index is 5.78. The van der Waals surface area contributed by atoms with Gasteiger partial charge in [0.1, 0.15) is 11.5 Å². The molecule has 6 nitrogen and oxygen atoms in total. The van der Waals surface area contributed by atoms with E-state index in [1.807, 2.05) is 30.7 Å². The summed E-state index contributed by atoms with van der Waals surface area (Å²) in [7, 11) is 2.18. The van der Waals surface area contributed by atoms with E-state index in [2.05, 4.69) is 62.1 Å². The highest BCUT2D eigenvalue weighted by Crippen LogP contribution is 2.37. The molecule has 0 radical (unpaired) electrons. The second kappa shape index (κ2) is 7.22. The fourth-order valence-electron chi connectivity index (χ4n) is 4.01. The van der Waals surface area contributed by atoms with Crippen LogP contribution in [0.2, 0.25) is 0 Å². The summed E-state index contributed by atoms with van der Waals surface area (Å²) in [5.41, 5.74) is 12.3. The van der Waals surface area contributed by atoms with Crippen molar-refractivity contribution in [1.82, 2.24) is 19.9 Å². The lowest BCUT2D eigenvalue weighted by atomic mass is 9.94. The summed E-state index contributed by atoms with van der Waals surface area (Å²) in [6.07, 6.45) is 5.66.